The summed E-state index contributed by atoms with van der Waals surface area (Å²) in [7, 11) is 0. The summed E-state index contributed by atoms with van der Waals surface area (Å²) in [6.07, 6.45) is 4.09. The lowest BCUT2D eigenvalue weighted by Crippen LogP contribution is -2.33. The van der Waals surface area contributed by atoms with Crippen molar-refractivity contribution in [3.8, 4) is 0 Å². The van der Waals surface area contributed by atoms with Crippen molar-refractivity contribution in [3.63, 3.8) is 0 Å². The Balaban J connectivity index is 2.41. The molecule has 1 heterocycles. The van der Waals surface area contributed by atoms with Gasteiger partial charge in [-0.3, -0.25) is 0 Å². The van der Waals surface area contributed by atoms with Gasteiger partial charge in [0.05, 0.1) is 12.0 Å². The monoisotopic (exact) mass is 179 g/mol. The maximum atomic E-state index is 5.80. The molecule has 1 aromatic rings. The summed E-state index contributed by atoms with van der Waals surface area (Å²) in [5.74, 6) is 0.419. The first kappa shape index (κ1) is 8.75. The van der Waals surface area contributed by atoms with Crippen LogP contribution in [0.4, 0.5) is 0 Å². The number of H-pyrrole nitrogens is 1. The fourth-order valence-electron chi connectivity index (χ4n) is 2.25. The van der Waals surface area contributed by atoms with Crippen molar-refractivity contribution in [2.75, 3.05) is 6.54 Å². The second-order valence-electron chi connectivity index (χ2n) is 4.54. The van der Waals surface area contributed by atoms with Gasteiger partial charge in [0.2, 0.25) is 0 Å². The SMILES string of the molecule is CC1(C)CCc2[nH]cnc2C1CN. The number of fused-ring (bicyclic) bond motifs is 1. The lowest BCUT2D eigenvalue weighted by molar-refractivity contribution is 0.244. The third-order valence-corrected chi connectivity index (χ3v) is 3.28. The molecule has 0 saturated heterocycles. The van der Waals surface area contributed by atoms with Gasteiger partial charge in [-0.2, -0.15) is 0 Å². The van der Waals surface area contributed by atoms with E-state index in [0.717, 1.165) is 6.42 Å². The van der Waals surface area contributed by atoms with Crippen molar-refractivity contribution in [2.24, 2.45) is 11.1 Å². The number of aromatic amines is 1. The molecule has 72 valence electrons. The van der Waals surface area contributed by atoms with Gasteiger partial charge in [-0.25, -0.2) is 4.98 Å². The number of nitrogens with zero attached hydrogens (tertiary/aromatic N) is 1. The van der Waals surface area contributed by atoms with Crippen LogP contribution in [0.25, 0.3) is 0 Å². The summed E-state index contributed by atoms with van der Waals surface area (Å²) in [6, 6.07) is 0. The van der Waals surface area contributed by atoms with Crippen LogP contribution in [0.15, 0.2) is 6.33 Å². The van der Waals surface area contributed by atoms with Crippen LogP contribution in [0.1, 0.15) is 37.6 Å². The summed E-state index contributed by atoms with van der Waals surface area (Å²) in [4.78, 5) is 7.56. The minimum atomic E-state index is 0.303. The topological polar surface area (TPSA) is 54.7 Å². The van der Waals surface area contributed by atoms with E-state index in [1.165, 1.54) is 17.8 Å². The van der Waals surface area contributed by atoms with Crippen LogP contribution in [-0.2, 0) is 6.42 Å². The number of nitrogens with two attached hydrogens (primary N) is 1. The average Bonchev–Trinajstić information content (AvgIpc) is 2.50. The largest absolute Gasteiger partial charge is 0.348 e. The summed E-state index contributed by atoms with van der Waals surface area (Å²) in [5, 5.41) is 0. The van der Waals surface area contributed by atoms with E-state index in [4.69, 9.17) is 5.73 Å². The smallest absolute Gasteiger partial charge is 0.0925 e. The Hall–Kier alpha value is -0.830. The molecule has 0 radical (unpaired) electrons. The van der Waals surface area contributed by atoms with Gasteiger partial charge in [0, 0.05) is 18.2 Å². The number of hydrogen-bond donors (Lipinski definition) is 2. The van der Waals surface area contributed by atoms with E-state index in [1.807, 2.05) is 0 Å². The first-order valence-corrected chi connectivity index (χ1v) is 4.87. The lowest BCUT2D eigenvalue weighted by Gasteiger charge is -2.36. The molecule has 0 fully saturated rings. The zero-order valence-electron chi connectivity index (χ0n) is 8.30. The van der Waals surface area contributed by atoms with Gasteiger partial charge < -0.3 is 10.7 Å². The van der Waals surface area contributed by atoms with Crippen molar-refractivity contribution < 1.29 is 0 Å². The van der Waals surface area contributed by atoms with E-state index in [1.54, 1.807) is 6.33 Å². The molecule has 3 N–H and O–H groups in total. The maximum absolute atomic E-state index is 5.80. The first-order chi connectivity index (χ1) is 6.15. The highest BCUT2D eigenvalue weighted by atomic mass is 14.9. The molecular weight excluding hydrogens is 162 g/mol. The molecule has 0 bridgehead atoms. The summed E-state index contributed by atoms with van der Waals surface area (Å²) < 4.78 is 0. The fraction of sp³-hybridized carbons (Fsp3) is 0.700. The van der Waals surface area contributed by atoms with Gasteiger partial charge in [0.15, 0.2) is 0 Å². The van der Waals surface area contributed by atoms with Gasteiger partial charge in [-0.1, -0.05) is 13.8 Å². The molecule has 0 aliphatic heterocycles. The van der Waals surface area contributed by atoms with E-state index >= 15 is 0 Å². The van der Waals surface area contributed by atoms with E-state index < -0.39 is 0 Å². The normalized spacial score (nSPS) is 25.6. The zero-order chi connectivity index (χ0) is 9.47. The predicted octanol–water partition coefficient (Wildman–Crippen LogP) is 1.42. The van der Waals surface area contributed by atoms with Crippen LogP contribution in [0.5, 0.6) is 0 Å². The molecule has 0 saturated carbocycles. The van der Waals surface area contributed by atoms with Gasteiger partial charge in [0.1, 0.15) is 0 Å². The molecule has 3 nitrogen and oxygen atoms in total. The van der Waals surface area contributed by atoms with Crippen molar-refractivity contribution in [2.45, 2.75) is 32.6 Å². The third-order valence-electron chi connectivity index (χ3n) is 3.28. The molecule has 2 rings (SSSR count). The molecule has 13 heavy (non-hydrogen) atoms. The lowest BCUT2D eigenvalue weighted by atomic mass is 9.69. The summed E-state index contributed by atoms with van der Waals surface area (Å²) in [5.41, 5.74) is 8.58. The minimum absolute atomic E-state index is 0.303. The number of aryl methyl sites for hydroxylation is 1. The molecule has 3 heteroatoms. The van der Waals surface area contributed by atoms with Gasteiger partial charge in [-0.15, -0.1) is 0 Å². The van der Waals surface area contributed by atoms with E-state index in [-0.39, 0.29) is 0 Å². The van der Waals surface area contributed by atoms with Crippen molar-refractivity contribution in [1.82, 2.24) is 9.97 Å². The molecule has 1 aliphatic rings. The Morgan fingerprint density at radius 2 is 2.46 bits per heavy atom. The Labute approximate surface area is 78.7 Å². The van der Waals surface area contributed by atoms with Crippen LogP contribution < -0.4 is 5.73 Å². The molecule has 0 aromatic carbocycles. The molecule has 0 amide bonds. The minimum Gasteiger partial charge on any atom is -0.348 e. The first-order valence-electron chi connectivity index (χ1n) is 4.87. The maximum Gasteiger partial charge on any atom is 0.0925 e. The molecule has 1 unspecified atom stereocenters. The van der Waals surface area contributed by atoms with E-state index in [9.17, 15) is 0 Å². The highest BCUT2D eigenvalue weighted by molar-refractivity contribution is 5.23. The Morgan fingerprint density at radius 1 is 1.69 bits per heavy atom. The summed E-state index contributed by atoms with van der Waals surface area (Å²) in [6.45, 7) is 5.26. The highest BCUT2D eigenvalue weighted by Crippen LogP contribution is 2.42. The van der Waals surface area contributed by atoms with Gasteiger partial charge in [-0.05, 0) is 18.3 Å². The molecule has 0 spiro atoms. The van der Waals surface area contributed by atoms with Crippen LogP contribution >= 0.6 is 0 Å². The zero-order valence-corrected chi connectivity index (χ0v) is 8.30. The number of nitrogens with one attached hydrogen (secondary N) is 1. The number of imidazole rings is 1. The second-order valence-corrected chi connectivity index (χ2v) is 4.54. The molecular formula is C10H17N3. The van der Waals surface area contributed by atoms with Gasteiger partial charge >= 0.3 is 0 Å². The number of hydrogen-bond acceptors (Lipinski definition) is 2. The molecule has 1 aliphatic carbocycles. The quantitative estimate of drug-likeness (QED) is 0.685. The number of aromatic nitrogens is 2. The highest BCUT2D eigenvalue weighted by Gasteiger charge is 2.36. The molecule has 1 aromatic heterocycles. The third kappa shape index (κ3) is 1.27. The van der Waals surface area contributed by atoms with E-state index in [2.05, 4.69) is 23.8 Å². The van der Waals surface area contributed by atoms with Crippen LogP contribution in [0.3, 0.4) is 0 Å². The van der Waals surface area contributed by atoms with Crippen LogP contribution in [-0.4, -0.2) is 16.5 Å². The Kier molecular flexibility index (Phi) is 1.91. The Bertz CT molecular complexity index is 301. The van der Waals surface area contributed by atoms with Crippen molar-refractivity contribution in [3.05, 3.63) is 17.7 Å². The van der Waals surface area contributed by atoms with Crippen molar-refractivity contribution >= 4 is 0 Å². The summed E-state index contributed by atoms with van der Waals surface area (Å²) >= 11 is 0. The standard InChI is InChI=1S/C10H17N3/c1-10(2)4-3-8-9(7(10)5-11)13-6-12-8/h6-7H,3-5,11H2,1-2H3,(H,12,13). The number of rotatable bonds is 1. The van der Waals surface area contributed by atoms with Crippen LogP contribution in [0.2, 0.25) is 0 Å². The average molecular weight is 179 g/mol. The van der Waals surface area contributed by atoms with Gasteiger partial charge in [0.25, 0.3) is 0 Å². The predicted molar refractivity (Wildman–Crippen MR) is 52.5 cm³/mol. The van der Waals surface area contributed by atoms with E-state index in [0.29, 0.717) is 17.9 Å². The second kappa shape index (κ2) is 2.84. The van der Waals surface area contributed by atoms with Crippen molar-refractivity contribution in [1.29, 1.82) is 0 Å². The molecule has 1 atom stereocenters. The van der Waals surface area contributed by atoms with Crippen LogP contribution in [0, 0.1) is 5.41 Å². The Morgan fingerprint density at radius 3 is 3.15 bits per heavy atom. The fourth-order valence-corrected chi connectivity index (χ4v) is 2.25.